The number of nitrogens with zero attached hydrogens (tertiary/aromatic N) is 1. The number of nitrogens with one attached hydrogen (secondary N) is 2. The van der Waals surface area contributed by atoms with Gasteiger partial charge in [0.1, 0.15) is 23.3 Å². The molecule has 0 aliphatic heterocycles. The number of benzene rings is 2. The Hall–Kier alpha value is -3.95. The van der Waals surface area contributed by atoms with Crippen LogP contribution >= 0.6 is 0 Å². The zero-order chi connectivity index (χ0) is 27.8. The monoisotopic (exact) mass is 513 g/mol. The van der Waals surface area contributed by atoms with Crippen molar-refractivity contribution in [2.45, 2.75) is 77.7 Å². The van der Waals surface area contributed by atoms with Crippen LogP contribution in [-0.4, -0.2) is 46.2 Å². The number of amides is 2. The molecule has 0 fully saturated rings. The molecule has 0 bridgehead atoms. The molecular weight excluding hydrogens is 478 g/mol. The number of rotatable bonds is 9. The molecule has 200 valence electrons. The zero-order valence-corrected chi connectivity index (χ0v) is 22.1. The van der Waals surface area contributed by atoms with E-state index in [1.54, 1.807) is 41.5 Å². The molecule has 0 saturated carbocycles. The lowest BCUT2D eigenvalue weighted by molar-refractivity contribution is -0.384. The van der Waals surface area contributed by atoms with Gasteiger partial charge in [0.15, 0.2) is 0 Å². The quantitative estimate of drug-likeness (QED) is 0.293. The first-order valence-electron chi connectivity index (χ1n) is 11.9. The highest BCUT2D eigenvalue weighted by atomic mass is 16.6. The molecule has 2 amide bonds. The maximum absolute atomic E-state index is 13.4. The summed E-state index contributed by atoms with van der Waals surface area (Å²) < 4.78 is 10.8. The number of esters is 1. The van der Waals surface area contributed by atoms with Crippen LogP contribution in [0.3, 0.4) is 0 Å². The number of nitro groups is 1. The molecule has 0 heterocycles. The van der Waals surface area contributed by atoms with E-state index in [1.165, 1.54) is 24.3 Å². The minimum absolute atomic E-state index is 0.00937. The van der Waals surface area contributed by atoms with Crippen LogP contribution in [0.4, 0.5) is 10.5 Å². The standard InChI is InChI=1S/C27H35N3O7/c1-26(2,3)36-24(32)22(17-18-10-8-7-9-11-18)28-23(31)21(29-25(33)37-27(4,5)6)16-19-12-14-20(15-13-19)30(34)35/h7-15,21-22H,16-17H2,1-6H3,(H,28,31)(H,29,33)/t21-,22-/m0/s1. The molecule has 0 aliphatic rings. The summed E-state index contributed by atoms with van der Waals surface area (Å²) in [6.45, 7) is 10.3. The average molecular weight is 514 g/mol. The van der Waals surface area contributed by atoms with Crippen LogP contribution in [0.25, 0.3) is 0 Å². The lowest BCUT2D eigenvalue weighted by atomic mass is 10.0. The van der Waals surface area contributed by atoms with E-state index in [4.69, 9.17) is 9.47 Å². The summed E-state index contributed by atoms with van der Waals surface area (Å²) in [5.74, 6) is -1.24. The highest BCUT2D eigenvalue weighted by Gasteiger charge is 2.31. The molecule has 0 aliphatic carbocycles. The third kappa shape index (κ3) is 10.7. The third-order valence-corrected chi connectivity index (χ3v) is 4.88. The fourth-order valence-electron chi connectivity index (χ4n) is 3.34. The first-order valence-corrected chi connectivity index (χ1v) is 11.9. The van der Waals surface area contributed by atoms with Gasteiger partial charge in [-0.15, -0.1) is 0 Å². The molecule has 37 heavy (non-hydrogen) atoms. The van der Waals surface area contributed by atoms with Crippen molar-refractivity contribution in [3.05, 3.63) is 75.8 Å². The van der Waals surface area contributed by atoms with E-state index < -0.39 is 46.2 Å². The number of alkyl carbamates (subject to hydrolysis) is 1. The van der Waals surface area contributed by atoms with E-state index in [0.717, 1.165) is 5.56 Å². The largest absolute Gasteiger partial charge is 0.458 e. The van der Waals surface area contributed by atoms with Crippen molar-refractivity contribution >= 4 is 23.7 Å². The maximum Gasteiger partial charge on any atom is 0.408 e. The summed E-state index contributed by atoms with van der Waals surface area (Å²) in [6.07, 6.45) is -0.625. The summed E-state index contributed by atoms with van der Waals surface area (Å²) in [5.41, 5.74) is -0.295. The zero-order valence-electron chi connectivity index (χ0n) is 22.1. The second-order valence-electron chi connectivity index (χ2n) is 10.6. The number of hydrogen-bond donors (Lipinski definition) is 2. The van der Waals surface area contributed by atoms with Gasteiger partial charge in [-0.3, -0.25) is 14.9 Å². The van der Waals surface area contributed by atoms with Gasteiger partial charge in [-0.2, -0.15) is 0 Å². The number of nitro benzene ring substituents is 1. The first kappa shape index (κ1) is 29.3. The molecule has 10 nitrogen and oxygen atoms in total. The highest BCUT2D eigenvalue weighted by Crippen LogP contribution is 2.15. The van der Waals surface area contributed by atoms with Crippen molar-refractivity contribution in [3.63, 3.8) is 0 Å². The summed E-state index contributed by atoms with van der Waals surface area (Å²) in [4.78, 5) is 49.3. The topological polar surface area (TPSA) is 137 Å². The van der Waals surface area contributed by atoms with Crippen LogP contribution < -0.4 is 10.6 Å². The molecule has 0 radical (unpaired) electrons. The fraction of sp³-hybridized carbons (Fsp3) is 0.444. The van der Waals surface area contributed by atoms with Gasteiger partial charge in [-0.25, -0.2) is 9.59 Å². The summed E-state index contributed by atoms with van der Waals surface area (Å²) in [6, 6.07) is 12.6. The summed E-state index contributed by atoms with van der Waals surface area (Å²) in [7, 11) is 0. The number of carbonyl (C=O) groups is 3. The molecule has 10 heteroatoms. The number of ether oxygens (including phenoxy) is 2. The van der Waals surface area contributed by atoms with Crippen molar-refractivity contribution < 1.29 is 28.8 Å². The van der Waals surface area contributed by atoms with Crippen LogP contribution in [0.1, 0.15) is 52.7 Å². The normalized spacial score (nSPS) is 13.1. The first-order chi connectivity index (χ1) is 17.1. The van der Waals surface area contributed by atoms with Crippen molar-refractivity contribution in [1.82, 2.24) is 10.6 Å². The Morgan fingerprint density at radius 2 is 1.30 bits per heavy atom. The Kier molecular flexibility index (Phi) is 9.76. The number of non-ortho nitro benzene ring substituents is 1. The third-order valence-electron chi connectivity index (χ3n) is 4.88. The maximum atomic E-state index is 13.4. The molecule has 0 spiro atoms. The summed E-state index contributed by atoms with van der Waals surface area (Å²) in [5, 5.41) is 16.2. The smallest absolute Gasteiger partial charge is 0.408 e. The van der Waals surface area contributed by atoms with E-state index in [-0.39, 0.29) is 18.5 Å². The molecular formula is C27H35N3O7. The Labute approximate surface area is 216 Å². The van der Waals surface area contributed by atoms with E-state index in [2.05, 4.69) is 10.6 Å². The van der Waals surface area contributed by atoms with Crippen molar-refractivity contribution in [1.29, 1.82) is 0 Å². The predicted molar refractivity (Wildman–Crippen MR) is 138 cm³/mol. The van der Waals surface area contributed by atoms with Crippen LogP contribution in [0.15, 0.2) is 54.6 Å². The van der Waals surface area contributed by atoms with E-state index in [9.17, 15) is 24.5 Å². The molecule has 2 atom stereocenters. The van der Waals surface area contributed by atoms with E-state index in [0.29, 0.717) is 5.56 Å². The second-order valence-corrected chi connectivity index (χ2v) is 10.6. The minimum Gasteiger partial charge on any atom is -0.458 e. The minimum atomic E-state index is -1.13. The van der Waals surface area contributed by atoms with Gasteiger partial charge in [0.25, 0.3) is 5.69 Å². The van der Waals surface area contributed by atoms with Crippen molar-refractivity contribution in [2.75, 3.05) is 0 Å². The predicted octanol–water partition coefficient (Wildman–Crippen LogP) is 4.10. The Bertz CT molecular complexity index is 1090. The van der Waals surface area contributed by atoms with Crippen molar-refractivity contribution in [3.8, 4) is 0 Å². The summed E-state index contributed by atoms with van der Waals surface area (Å²) >= 11 is 0. The lowest BCUT2D eigenvalue weighted by Gasteiger charge is -2.27. The molecule has 0 aromatic heterocycles. The lowest BCUT2D eigenvalue weighted by Crippen LogP contribution is -2.54. The van der Waals surface area contributed by atoms with Gasteiger partial charge in [0.05, 0.1) is 4.92 Å². The van der Waals surface area contributed by atoms with E-state index in [1.807, 2.05) is 30.3 Å². The van der Waals surface area contributed by atoms with Crippen LogP contribution in [0, 0.1) is 10.1 Å². The highest BCUT2D eigenvalue weighted by molar-refractivity contribution is 5.90. The number of carbonyl (C=O) groups excluding carboxylic acids is 3. The van der Waals surface area contributed by atoms with Gasteiger partial charge < -0.3 is 20.1 Å². The van der Waals surface area contributed by atoms with Crippen LogP contribution in [0.2, 0.25) is 0 Å². The Balaban J connectivity index is 2.29. The number of hydrogen-bond acceptors (Lipinski definition) is 7. The van der Waals surface area contributed by atoms with Gasteiger partial charge in [-0.1, -0.05) is 42.5 Å². The van der Waals surface area contributed by atoms with Crippen LogP contribution in [-0.2, 0) is 31.9 Å². The molecule has 2 rings (SSSR count). The van der Waals surface area contributed by atoms with Crippen molar-refractivity contribution in [2.24, 2.45) is 0 Å². The Morgan fingerprint density at radius 1 is 0.784 bits per heavy atom. The van der Waals surface area contributed by atoms with Gasteiger partial charge in [0, 0.05) is 25.0 Å². The SMILES string of the molecule is CC(C)(C)OC(=O)N[C@@H](Cc1ccc([N+](=O)[O-])cc1)C(=O)N[C@@H](Cc1ccccc1)C(=O)OC(C)(C)C. The van der Waals surface area contributed by atoms with Gasteiger partial charge in [-0.05, 0) is 52.7 Å². The average Bonchev–Trinajstić information content (AvgIpc) is 2.76. The Morgan fingerprint density at radius 3 is 1.81 bits per heavy atom. The fourth-order valence-corrected chi connectivity index (χ4v) is 3.34. The van der Waals surface area contributed by atoms with E-state index >= 15 is 0 Å². The molecule has 2 aromatic carbocycles. The second kappa shape index (κ2) is 12.3. The molecule has 2 N–H and O–H groups in total. The van der Waals surface area contributed by atoms with Crippen LogP contribution in [0.5, 0.6) is 0 Å². The molecule has 2 aromatic rings. The van der Waals surface area contributed by atoms with Gasteiger partial charge >= 0.3 is 12.1 Å². The van der Waals surface area contributed by atoms with Gasteiger partial charge in [0.2, 0.25) is 5.91 Å². The molecule has 0 saturated heterocycles. The molecule has 0 unspecified atom stereocenters.